The first-order valence-corrected chi connectivity index (χ1v) is 7.53. The molecule has 3 heterocycles. The van der Waals surface area contributed by atoms with Crippen molar-refractivity contribution < 1.29 is 9.53 Å². The first-order chi connectivity index (χ1) is 10.7. The minimum Gasteiger partial charge on any atom is -0.369 e. The van der Waals surface area contributed by atoms with Crippen molar-refractivity contribution >= 4 is 11.6 Å². The van der Waals surface area contributed by atoms with Crippen LogP contribution in [0.5, 0.6) is 0 Å². The zero-order valence-corrected chi connectivity index (χ0v) is 12.8. The summed E-state index contributed by atoms with van der Waals surface area (Å²) in [5, 5.41) is 3.02. The van der Waals surface area contributed by atoms with E-state index in [2.05, 4.69) is 15.3 Å². The maximum atomic E-state index is 12.7. The summed E-state index contributed by atoms with van der Waals surface area (Å²) in [6, 6.07) is 1.84. The van der Waals surface area contributed by atoms with E-state index in [9.17, 15) is 4.79 Å². The topological polar surface area (TPSA) is 69.0 Å². The first-order valence-electron chi connectivity index (χ1n) is 7.53. The molecule has 1 fully saturated rings. The Morgan fingerprint density at radius 3 is 3.09 bits per heavy atom. The number of imidazole rings is 1. The maximum Gasteiger partial charge on any atom is 0.230 e. The number of carbonyl (C=O) groups is 1. The van der Waals surface area contributed by atoms with E-state index >= 15 is 0 Å². The predicted octanol–water partition coefficient (Wildman–Crippen LogP) is 2.09. The number of hydrogen-bond acceptors (Lipinski definition) is 4. The monoisotopic (exact) mass is 300 g/mol. The second-order valence-corrected chi connectivity index (χ2v) is 5.46. The fourth-order valence-electron chi connectivity index (χ4n) is 2.82. The van der Waals surface area contributed by atoms with E-state index in [1.54, 1.807) is 18.6 Å². The molecule has 1 amide bonds. The molecule has 3 rings (SSSR count). The van der Waals surface area contributed by atoms with Crippen LogP contribution < -0.4 is 5.32 Å². The highest BCUT2D eigenvalue weighted by Gasteiger charge is 2.37. The van der Waals surface area contributed by atoms with Crippen molar-refractivity contribution in [1.82, 2.24) is 14.5 Å². The van der Waals surface area contributed by atoms with Gasteiger partial charge < -0.3 is 14.6 Å². The summed E-state index contributed by atoms with van der Waals surface area (Å²) >= 11 is 0. The van der Waals surface area contributed by atoms with Crippen LogP contribution in [0.4, 0.5) is 5.69 Å². The number of pyridine rings is 1. The van der Waals surface area contributed by atoms with E-state index in [0.29, 0.717) is 13.0 Å². The number of anilines is 1. The molecule has 0 saturated carbocycles. The SMILES string of the molecule is CCc1cnccc1NC(=O)[C@@H]1CCO[C@H]1c1nccn1C. The third-order valence-electron chi connectivity index (χ3n) is 4.08. The highest BCUT2D eigenvalue weighted by molar-refractivity contribution is 5.93. The highest BCUT2D eigenvalue weighted by atomic mass is 16.5. The van der Waals surface area contributed by atoms with Crippen LogP contribution in [-0.4, -0.2) is 27.0 Å². The van der Waals surface area contributed by atoms with Crippen molar-refractivity contribution in [3.05, 3.63) is 42.2 Å². The van der Waals surface area contributed by atoms with Gasteiger partial charge in [-0.15, -0.1) is 0 Å². The molecule has 0 bridgehead atoms. The van der Waals surface area contributed by atoms with Crippen molar-refractivity contribution in [2.45, 2.75) is 25.9 Å². The molecule has 2 atom stereocenters. The lowest BCUT2D eigenvalue weighted by Gasteiger charge is -2.18. The summed E-state index contributed by atoms with van der Waals surface area (Å²) in [7, 11) is 1.91. The Kier molecular flexibility index (Phi) is 4.20. The molecular weight excluding hydrogens is 280 g/mol. The fraction of sp³-hybridized carbons (Fsp3) is 0.438. The van der Waals surface area contributed by atoms with Crippen molar-refractivity contribution in [3.63, 3.8) is 0 Å². The van der Waals surface area contributed by atoms with E-state index in [-0.39, 0.29) is 17.9 Å². The number of amides is 1. The average Bonchev–Trinajstić information content (AvgIpc) is 3.16. The van der Waals surface area contributed by atoms with Crippen molar-refractivity contribution in [3.8, 4) is 0 Å². The molecule has 0 aliphatic carbocycles. The zero-order chi connectivity index (χ0) is 15.5. The summed E-state index contributed by atoms with van der Waals surface area (Å²) in [6.07, 6.45) is 8.32. The Balaban J connectivity index is 1.78. The van der Waals surface area contributed by atoms with Gasteiger partial charge in [-0.3, -0.25) is 9.78 Å². The molecule has 1 aliphatic rings. The third kappa shape index (κ3) is 2.74. The van der Waals surface area contributed by atoms with Crippen molar-refractivity contribution in [1.29, 1.82) is 0 Å². The van der Waals surface area contributed by atoms with E-state index in [4.69, 9.17) is 4.74 Å². The Labute approximate surface area is 129 Å². The average molecular weight is 300 g/mol. The van der Waals surface area contributed by atoms with Crippen LogP contribution in [-0.2, 0) is 23.0 Å². The number of carbonyl (C=O) groups excluding carboxylic acids is 1. The number of rotatable bonds is 4. The molecule has 2 aromatic rings. The minimum absolute atomic E-state index is 0.0219. The van der Waals surface area contributed by atoms with E-state index in [1.165, 1.54) is 0 Å². The van der Waals surface area contributed by atoms with Gasteiger partial charge in [-0.1, -0.05) is 6.92 Å². The zero-order valence-electron chi connectivity index (χ0n) is 12.8. The number of hydrogen-bond donors (Lipinski definition) is 1. The lowest BCUT2D eigenvalue weighted by molar-refractivity contribution is -0.121. The maximum absolute atomic E-state index is 12.7. The van der Waals surface area contributed by atoms with E-state index < -0.39 is 0 Å². The Bertz CT molecular complexity index is 668. The number of nitrogens with zero attached hydrogens (tertiary/aromatic N) is 3. The molecule has 0 spiro atoms. The van der Waals surface area contributed by atoms with Crippen molar-refractivity contribution in [2.24, 2.45) is 13.0 Å². The fourth-order valence-corrected chi connectivity index (χ4v) is 2.82. The van der Waals surface area contributed by atoms with Gasteiger partial charge >= 0.3 is 0 Å². The van der Waals surface area contributed by atoms with Crippen LogP contribution in [0.15, 0.2) is 30.9 Å². The van der Waals surface area contributed by atoms with Crippen LogP contribution in [0.2, 0.25) is 0 Å². The molecule has 22 heavy (non-hydrogen) atoms. The summed E-state index contributed by atoms with van der Waals surface area (Å²) in [6.45, 7) is 2.62. The van der Waals surface area contributed by atoms with Gasteiger partial charge in [-0.2, -0.15) is 0 Å². The van der Waals surface area contributed by atoms with Crippen LogP contribution >= 0.6 is 0 Å². The molecule has 1 aliphatic heterocycles. The van der Waals surface area contributed by atoms with Gasteiger partial charge in [0.2, 0.25) is 5.91 Å². The molecule has 2 aromatic heterocycles. The summed E-state index contributed by atoms with van der Waals surface area (Å²) in [5.74, 6) is 0.550. The van der Waals surface area contributed by atoms with Gasteiger partial charge in [-0.05, 0) is 24.5 Å². The molecule has 0 unspecified atom stereocenters. The van der Waals surface area contributed by atoms with Crippen molar-refractivity contribution in [2.75, 3.05) is 11.9 Å². The Morgan fingerprint density at radius 1 is 1.50 bits per heavy atom. The standard InChI is InChI=1S/C16H20N4O2/c1-3-11-10-17-6-4-13(11)19-16(21)12-5-9-22-14(12)15-18-7-8-20(15)2/h4,6-8,10,12,14H,3,5,9H2,1-2H3,(H,17,19,21)/t12-,14-/m1/s1. The number of ether oxygens (including phenoxy) is 1. The first kappa shape index (κ1) is 14.7. The number of aryl methyl sites for hydroxylation is 2. The molecule has 1 saturated heterocycles. The Morgan fingerprint density at radius 2 is 2.36 bits per heavy atom. The largest absolute Gasteiger partial charge is 0.369 e. The van der Waals surface area contributed by atoms with Gasteiger partial charge in [0.05, 0.1) is 5.92 Å². The number of aromatic nitrogens is 3. The van der Waals surface area contributed by atoms with Gasteiger partial charge in [-0.25, -0.2) is 4.98 Å². The van der Waals surface area contributed by atoms with Crippen LogP contribution in [0, 0.1) is 5.92 Å². The molecule has 1 N–H and O–H groups in total. The summed E-state index contributed by atoms with van der Waals surface area (Å²) in [4.78, 5) is 21.1. The minimum atomic E-state index is -0.285. The predicted molar refractivity (Wildman–Crippen MR) is 82.3 cm³/mol. The second kappa shape index (κ2) is 6.27. The van der Waals surface area contributed by atoms with Gasteiger partial charge in [0.25, 0.3) is 0 Å². The molecule has 0 radical (unpaired) electrons. The van der Waals surface area contributed by atoms with E-state index in [1.807, 2.05) is 30.8 Å². The number of nitrogens with one attached hydrogen (secondary N) is 1. The quantitative estimate of drug-likeness (QED) is 0.938. The molecule has 116 valence electrons. The van der Waals surface area contributed by atoms with Gasteiger partial charge in [0.1, 0.15) is 11.9 Å². The lowest BCUT2D eigenvalue weighted by atomic mass is 9.99. The smallest absolute Gasteiger partial charge is 0.230 e. The summed E-state index contributed by atoms with van der Waals surface area (Å²) in [5.41, 5.74) is 1.86. The molecular formula is C16H20N4O2. The normalized spacial score (nSPS) is 21.0. The molecule has 6 nitrogen and oxygen atoms in total. The Hall–Kier alpha value is -2.21. The summed E-state index contributed by atoms with van der Waals surface area (Å²) < 4.78 is 7.65. The van der Waals surface area contributed by atoms with Gasteiger partial charge in [0, 0.05) is 44.1 Å². The van der Waals surface area contributed by atoms with Crippen LogP contribution in [0.3, 0.4) is 0 Å². The highest BCUT2D eigenvalue weighted by Crippen LogP contribution is 2.34. The molecule has 0 aromatic carbocycles. The van der Waals surface area contributed by atoms with Crippen LogP contribution in [0.25, 0.3) is 0 Å². The van der Waals surface area contributed by atoms with E-state index in [0.717, 1.165) is 23.5 Å². The lowest BCUT2D eigenvalue weighted by Crippen LogP contribution is -2.27. The van der Waals surface area contributed by atoms with Crippen LogP contribution in [0.1, 0.15) is 30.8 Å². The third-order valence-corrected chi connectivity index (χ3v) is 4.08. The second-order valence-electron chi connectivity index (χ2n) is 5.46. The van der Waals surface area contributed by atoms with Gasteiger partial charge in [0.15, 0.2) is 0 Å². The molecule has 6 heteroatoms.